The minimum absolute atomic E-state index is 0.101. The van der Waals surface area contributed by atoms with Crippen LogP contribution in [0.5, 0.6) is 5.75 Å². The van der Waals surface area contributed by atoms with Gasteiger partial charge in [0.2, 0.25) is 0 Å². The third-order valence-electron chi connectivity index (χ3n) is 4.90. The second-order valence-electron chi connectivity index (χ2n) is 6.79. The number of fused-ring (bicyclic) bond motifs is 1. The van der Waals surface area contributed by atoms with Crippen LogP contribution in [-0.4, -0.2) is 16.9 Å². The molecule has 2 amide bonds. The first-order valence-electron chi connectivity index (χ1n) is 9.20. The Morgan fingerprint density at radius 2 is 1.81 bits per heavy atom. The van der Waals surface area contributed by atoms with E-state index in [4.69, 9.17) is 11.6 Å². The first-order valence-corrected chi connectivity index (χ1v) is 9.57. The van der Waals surface area contributed by atoms with E-state index in [9.17, 15) is 14.7 Å². The second-order valence-corrected chi connectivity index (χ2v) is 7.22. The molecule has 0 bridgehead atoms. The summed E-state index contributed by atoms with van der Waals surface area (Å²) in [4.78, 5) is 24.6. The maximum Gasteiger partial charge on any atom is 0.313 e. The lowest BCUT2D eigenvalue weighted by Crippen LogP contribution is -2.37. The molecule has 5 nitrogen and oxygen atoms in total. The van der Waals surface area contributed by atoms with Gasteiger partial charge < -0.3 is 15.7 Å². The van der Waals surface area contributed by atoms with Crippen LogP contribution in [0.25, 0.3) is 0 Å². The highest BCUT2D eigenvalue weighted by Crippen LogP contribution is 2.27. The number of carbonyl (C=O) groups is 2. The summed E-state index contributed by atoms with van der Waals surface area (Å²) in [6.45, 7) is 1.96. The molecular weight excluding hydrogens is 364 g/mol. The number of carbonyl (C=O) groups excluding carboxylic acids is 2. The van der Waals surface area contributed by atoms with Crippen molar-refractivity contribution in [3.8, 4) is 5.75 Å². The Hall–Kier alpha value is -2.53. The third-order valence-corrected chi connectivity index (χ3v) is 5.14. The summed E-state index contributed by atoms with van der Waals surface area (Å²) in [5.41, 5.74) is 3.81. The highest BCUT2D eigenvalue weighted by atomic mass is 35.5. The molecule has 0 saturated heterocycles. The lowest BCUT2D eigenvalue weighted by molar-refractivity contribution is -0.136. The SMILES string of the molecule is CCC(NC(=O)C(=O)Nc1cc(Cl)ccc1O)c1ccc2c(c1)CCCC2. The number of benzene rings is 2. The number of aromatic hydroxyl groups is 1. The molecule has 2 aromatic rings. The molecule has 2 aromatic carbocycles. The van der Waals surface area contributed by atoms with Crippen molar-refractivity contribution in [1.29, 1.82) is 0 Å². The fourth-order valence-corrected chi connectivity index (χ4v) is 3.57. The normalized spacial score (nSPS) is 14.1. The number of amides is 2. The number of hydrogen-bond donors (Lipinski definition) is 3. The van der Waals surface area contributed by atoms with Crippen molar-refractivity contribution in [3.05, 3.63) is 58.1 Å². The second kappa shape index (κ2) is 8.44. The molecule has 142 valence electrons. The first kappa shape index (κ1) is 19.2. The van der Waals surface area contributed by atoms with E-state index in [0.29, 0.717) is 11.4 Å². The van der Waals surface area contributed by atoms with Crippen LogP contribution >= 0.6 is 11.6 Å². The van der Waals surface area contributed by atoms with Gasteiger partial charge in [-0.05, 0) is 67.0 Å². The van der Waals surface area contributed by atoms with Crippen molar-refractivity contribution < 1.29 is 14.7 Å². The van der Waals surface area contributed by atoms with Gasteiger partial charge in [0.05, 0.1) is 11.7 Å². The molecule has 3 rings (SSSR count). The molecular formula is C21H23ClN2O3. The fraction of sp³-hybridized carbons (Fsp3) is 0.333. The number of halogens is 1. The molecule has 0 aromatic heterocycles. The van der Waals surface area contributed by atoms with Crippen LogP contribution in [0.4, 0.5) is 5.69 Å². The summed E-state index contributed by atoms with van der Waals surface area (Å²) in [6, 6.07) is 10.3. The van der Waals surface area contributed by atoms with Crippen molar-refractivity contribution in [3.63, 3.8) is 0 Å². The number of aryl methyl sites for hydroxylation is 2. The summed E-state index contributed by atoms with van der Waals surface area (Å²) in [7, 11) is 0. The quantitative estimate of drug-likeness (QED) is 0.546. The molecule has 0 aliphatic heterocycles. The topological polar surface area (TPSA) is 78.4 Å². The number of rotatable bonds is 4. The van der Waals surface area contributed by atoms with Crippen LogP contribution in [-0.2, 0) is 22.4 Å². The summed E-state index contributed by atoms with van der Waals surface area (Å²) < 4.78 is 0. The van der Waals surface area contributed by atoms with Gasteiger partial charge in [0.25, 0.3) is 0 Å². The monoisotopic (exact) mass is 386 g/mol. The van der Waals surface area contributed by atoms with Gasteiger partial charge in [0, 0.05) is 5.02 Å². The predicted octanol–water partition coefficient (Wildman–Crippen LogP) is 4.13. The maximum absolute atomic E-state index is 12.3. The highest BCUT2D eigenvalue weighted by molar-refractivity contribution is 6.40. The average molecular weight is 387 g/mol. The van der Waals surface area contributed by atoms with Gasteiger partial charge in [0.15, 0.2) is 0 Å². The lowest BCUT2D eigenvalue weighted by atomic mass is 9.89. The van der Waals surface area contributed by atoms with Gasteiger partial charge in [-0.2, -0.15) is 0 Å². The maximum atomic E-state index is 12.3. The van der Waals surface area contributed by atoms with Gasteiger partial charge in [-0.3, -0.25) is 9.59 Å². The molecule has 0 radical (unpaired) electrons. The molecule has 1 aliphatic rings. The van der Waals surface area contributed by atoms with E-state index in [0.717, 1.165) is 18.4 Å². The molecule has 1 unspecified atom stereocenters. The number of anilines is 1. The standard InChI is InChI=1S/C21H23ClN2O3/c1-2-17(15-8-7-13-5-3-4-6-14(13)11-15)23-20(26)21(27)24-18-12-16(22)9-10-19(18)25/h7-12,17,25H,2-6H2,1H3,(H,23,26)(H,24,27). The van der Waals surface area contributed by atoms with E-state index in [1.165, 1.54) is 42.2 Å². The van der Waals surface area contributed by atoms with Crippen LogP contribution in [0.3, 0.4) is 0 Å². The van der Waals surface area contributed by atoms with Crippen molar-refractivity contribution in [1.82, 2.24) is 5.32 Å². The summed E-state index contributed by atoms with van der Waals surface area (Å²) in [6.07, 6.45) is 5.23. The Balaban J connectivity index is 1.69. The van der Waals surface area contributed by atoms with E-state index in [-0.39, 0.29) is 17.5 Å². The summed E-state index contributed by atoms with van der Waals surface area (Å²) >= 11 is 5.86. The van der Waals surface area contributed by atoms with Crippen LogP contribution in [0.2, 0.25) is 5.02 Å². The van der Waals surface area contributed by atoms with Crippen molar-refractivity contribution in [2.24, 2.45) is 0 Å². The van der Waals surface area contributed by atoms with Gasteiger partial charge in [-0.15, -0.1) is 0 Å². The highest BCUT2D eigenvalue weighted by Gasteiger charge is 2.21. The zero-order valence-corrected chi connectivity index (χ0v) is 16.0. The fourth-order valence-electron chi connectivity index (χ4n) is 3.40. The molecule has 0 fully saturated rings. The summed E-state index contributed by atoms with van der Waals surface area (Å²) in [5, 5.41) is 15.3. The zero-order chi connectivity index (χ0) is 19.4. The molecule has 0 spiro atoms. The smallest absolute Gasteiger partial charge is 0.313 e. The Morgan fingerprint density at radius 3 is 2.56 bits per heavy atom. The third kappa shape index (κ3) is 4.61. The Kier molecular flexibility index (Phi) is 6.01. The van der Waals surface area contributed by atoms with Crippen molar-refractivity contribution >= 4 is 29.1 Å². The van der Waals surface area contributed by atoms with E-state index < -0.39 is 11.8 Å². The van der Waals surface area contributed by atoms with Crippen molar-refractivity contribution in [2.75, 3.05) is 5.32 Å². The van der Waals surface area contributed by atoms with E-state index >= 15 is 0 Å². The molecule has 0 saturated carbocycles. The number of phenols is 1. The molecule has 1 atom stereocenters. The Morgan fingerprint density at radius 1 is 1.07 bits per heavy atom. The largest absolute Gasteiger partial charge is 0.506 e. The number of nitrogens with one attached hydrogen (secondary N) is 2. The van der Waals surface area contributed by atoms with Crippen molar-refractivity contribution in [2.45, 2.75) is 45.1 Å². The Bertz CT molecular complexity index is 867. The zero-order valence-electron chi connectivity index (χ0n) is 15.2. The lowest BCUT2D eigenvalue weighted by Gasteiger charge is -2.21. The van der Waals surface area contributed by atoms with Gasteiger partial charge in [-0.25, -0.2) is 0 Å². The van der Waals surface area contributed by atoms with Gasteiger partial charge in [0.1, 0.15) is 5.75 Å². The Labute approximate surface area is 163 Å². The van der Waals surface area contributed by atoms with E-state index in [1.807, 2.05) is 13.0 Å². The predicted molar refractivity (Wildman–Crippen MR) is 106 cm³/mol. The van der Waals surface area contributed by atoms with Gasteiger partial charge >= 0.3 is 11.8 Å². The summed E-state index contributed by atoms with van der Waals surface area (Å²) in [5.74, 6) is -1.75. The van der Waals surface area contributed by atoms with Gasteiger partial charge in [-0.1, -0.05) is 36.7 Å². The molecule has 0 heterocycles. The number of phenolic OH excluding ortho intramolecular Hbond substituents is 1. The van der Waals surface area contributed by atoms with Crippen LogP contribution < -0.4 is 10.6 Å². The van der Waals surface area contributed by atoms with Crippen LogP contribution in [0.15, 0.2) is 36.4 Å². The first-order chi connectivity index (χ1) is 13.0. The van der Waals surface area contributed by atoms with E-state index in [1.54, 1.807) is 0 Å². The average Bonchev–Trinajstić information content (AvgIpc) is 2.68. The molecule has 27 heavy (non-hydrogen) atoms. The molecule has 1 aliphatic carbocycles. The molecule has 6 heteroatoms. The minimum atomic E-state index is -0.844. The van der Waals surface area contributed by atoms with Crippen LogP contribution in [0.1, 0.15) is 48.9 Å². The number of hydrogen-bond acceptors (Lipinski definition) is 3. The van der Waals surface area contributed by atoms with Crippen LogP contribution in [0, 0.1) is 0 Å². The van der Waals surface area contributed by atoms with E-state index in [2.05, 4.69) is 22.8 Å². The minimum Gasteiger partial charge on any atom is -0.506 e. The molecule has 3 N–H and O–H groups in total.